The lowest BCUT2D eigenvalue weighted by molar-refractivity contribution is 1.21. The lowest BCUT2D eigenvalue weighted by Gasteiger charge is -1.82. The Morgan fingerprint density at radius 3 is 2.80 bits per heavy atom. The molecule has 0 saturated heterocycles. The number of aryl methyl sites for hydroxylation is 2. The van der Waals surface area contributed by atoms with E-state index in [2.05, 4.69) is 23.4 Å². The van der Waals surface area contributed by atoms with E-state index < -0.39 is 0 Å². The minimum Gasteiger partial charge on any atom is -0.127 e. The fourth-order valence-corrected chi connectivity index (χ4v) is 2.70. The molecule has 2 rings (SSSR count). The van der Waals surface area contributed by atoms with Crippen LogP contribution < -0.4 is 0 Å². The molecule has 0 atom stereocenters. The van der Waals surface area contributed by atoms with Gasteiger partial charge in [0.05, 0.1) is 4.70 Å². The van der Waals surface area contributed by atoms with Gasteiger partial charge in [-0.05, 0) is 30.9 Å². The Hall–Kier alpha value is -0.480. The van der Waals surface area contributed by atoms with Crippen molar-refractivity contribution in [2.45, 2.75) is 13.8 Å². The summed E-state index contributed by atoms with van der Waals surface area (Å²) < 4.78 is 5.12. The number of rotatable bonds is 0. The van der Waals surface area contributed by atoms with E-state index in [9.17, 15) is 0 Å². The zero-order valence-electron chi connectivity index (χ0n) is 5.71. The largest absolute Gasteiger partial charge is 0.159 e. The molecule has 0 unspecified atom stereocenters. The third-order valence-electron chi connectivity index (χ3n) is 1.58. The standard InChI is InChI=1S/C6H6N2S2/c1-3-4(2)9-6-5(3)10-8-7-6/h1-2H3. The van der Waals surface area contributed by atoms with E-state index in [1.807, 2.05) is 0 Å². The molecule has 0 bridgehead atoms. The molecule has 0 aliphatic carbocycles. The number of fused-ring (bicyclic) bond motifs is 1. The molecule has 0 fully saturated rings. The lowest BCUT2D eigenvalue weighted by atomic mass is 10.3. The second-order valence-corrected chi connectivity index (χ2v) is 4.15. The van der Waals surface area contributed by atoms with E-state index in [0.29, 0.717) is 0 Å². The summed E-state index contributed by atoms with van der Waals surface area (Å²) in [6.07, 6.45) is 0. The molecule has 2 aromatic rings. The zero-order valence-corrected chi connectivity index (χ0v) is 7.34. The van der Waals surface area contributed by atoms with Crippen molar-refractivity contribution in [2.75, 3.05) is 0 Å². The molecular formula is C6H6N2S2. The van der Waals surface area contributed by atoms with Crippen LogP contribution in [0, 0.1) is 13.8 Å². The molecular weight excluding hydrogens is 164 g/mol. The van der Waals surface area contributed by atoms with Crippen LogP contribution in [-0.2, 0) is 0 Å². The summed E-state index contributed by atoms with van der Waals surface area (Å²) in [4.78, 5) is 2.44. The predicted octanol–water partition coefficient (Wildman–Crippen LogP) is 2.37. The second-order valence-electron chi connectivity index (χ2n) is 2.19. The van der Waals surface area contributed by atoms with Crippen molar-refractivity contribution in [3.8, 4) is 0 Å². The number of nitrogens with zero attached hydrogens (tertiary/aromatic N) is 2. The minimum absolute atomic E-state index is 1.08. The highest BCUT2D eigenvalue weighted by molar-refractivity contribution is 7.25. The Balaban J connectivity index is 2.95. The fourth-order valence-electron chi connectivity index (χ4n) is 0.860. The van der Waals surface area contributed by atoms with Crippen LogP contribution >= 0.6 is 22.9 Å². The number of thiophene rings is 1. The maximum absolute atomic E-state index is 3.99. The first-order valence-electron chi connectivity index (χ1n) is 2.97. The van der Waals surface area contributed by atoms with Crippen LogP contribution in [0.25, 0.3) is 9.53 Å². The van der Waals surface area contributed by atoms with Gasteiger partial charge in [0.2, 0.25) is 0 Å². The number of aromatic nitrogens is 2. The molecule has 0 spiro atoms. The van der Waals surface area contributed by atoms with Crippen molar-refractivity contribution < 1.29 is 0 Å². The van der Waals surface area contributed by atoms with Crippen molar-refractivity contribution in [3.05, 3.63) is 10.4 Å². The Morgan fingerprint density at radius 1 is 1.30 bits per heavy atom. The Bertz CT molecular complexity index is 361. The van der Waals surface area contributed by atoms with Crippen molar-refractivity contribution in [1.29, 1.82) is 0 Å². The van der Waals surface area contributed by atoms with Crippen LogP contribution in [0.3, 0.4) is 0 Å². The van der Waals surface area contributed by atoms with Gasteiger partial charge < -0.3 is 0 Å². The summed E-state index contributed by atoms with van der Waals surface area (Å²) in [6, 6.07) is 0. The van der Waals surface area contributed by atoms with Gasteiger partial charge in [-0.2, -0.15) is 0 Å². The molecule has 0 aromatic carbocycles. The van der Waals surface area contributed by atoms with E-state index in [0.717, 1.165) is 4.83 Å². The molecule has 0 N–H and O–H groups in total. The molecule has 0 aliphatic heterocycles. The normalized spacial score (nSPS) is 11.0. The molecule has 2 nitrogen and oxygen atoms in total. The van der Waals surface area contributed by atoms with Gasteiger partial charge in [-0.25, -0.2) is 0 Å². The van der Waals surface area contributed by atoms with Gasteiger partial charge in [-0.3, -0.25) is 0 Å². The fraction of sp³-hybridized carbons (Fsp3) is 0.333. The lowest BCUT2D eigenvalue weighted by Crippen LogP contribution is -1.64. The van der Waals surface area contributed by atoms with Crippen molar-refractivity contribution >= 4 is 32.4 Å². The van der Waals surface area contributed by atoms with Gasteiger partial charge in [0, 0.05) is 4.88 Å². The van der Waals surface area contributed by atoms with E-state index >= 15 is 0 Å². The molecule has 0 amide bonds. The highest BCUT2D eigenvalue weighted by Crippen LogP contribution is 2.30. The van der Waals surface area contributed by atoms with Gasteiger partial charge in [-0.15, -0.1) is 16.4 Å². The molecule has 0 saturated carbocycles. The summed E-state index contributed by atoms with van der Waals surface area (Å²) in [6.45, 7) is 4.24. The second kappa shape index (κ2) is 2.00. The average Bonchev–Trinajstić information content (AvgIpc) is 2.41. The van der Waals surface area contributed by atoms with Gasteiger partial charge in [0.25, 0.3) is 0 Å². The Labute approximate surface area is 66.7 Å². The van der Waals surface area contributed by atoms with Crippen LogP contribution in [0.4, 0.5) is 0 Å². The predicted molar refractivity (Wildman–Crippen MR) is 44.8 cm³/mol. The van der Waals surface area contributed by atoms with Crippen LogP contribution in [0.1, 0.15) is 10.4 Å². The maximum atomic E-state index is 3.99. The highest BCUT2D eigenvalue weighted by atomic mass is 32.1. The van der Waals surface area contributed by atoms with Crippen molar-refractivity contribution in [3.63, 3.8) is 0 Å². The molecule has 4 heteroatoms. The number of hydrogen-bond donors (Lipinski definition) is 0. The maximum Gasteiger partial charge on any atom is 0.159 e. The van der Waals surface area contributed by atoms with E-state index in [-0.39, 0.29) is 0 Å². The average molecular weight is 170 g/mol. The smallest absolute Gasteiger partial charge is 0.127 e. The van der Waals surface area contributed by atoms with Crippen LogP contribution in [0.15, 0.2) is 0 Å². The number of hydrogen-bond acceptors (Lipinski definition) is 4. The molecule has 0 radical (unpaired) electrons. The molecule has 10 heavy (non-hydrogen) atoms. The molecule has 0 aliphatic rings. The van der Waals surface area contributed by atoms with Gasteiger partial charge in [0.1, 0.15) is 0 Å². The van der Waals surface area contributed by atoms with Crippen LogP contribution in [-0.4, -0.2) is 9.59 Å². The third-order valence-corrected chi connectivity index (χ3v) is 3.64. The monoisotopic (exact) mass is 170 g/mol. The minimum atomic E-state index is 1.08. The molecule has 52 valence electrons. The summed E-state index contributed by atoms with van der Waals surface area (Å²) in [5.41, 5.74) is 1.34. The van der Waals surface area contributed by atoms with Gasteiger partial charge in [-0.1, -0.05) is 4.49 Å². The van der Waals surface area contributed by atoms with Gasteiger partial charge >= 0.3 is 0 Å². The zero-order chi connectivity index (χ0) is 7.14. The first kappa shape index (κ1) is 6.24. The molecule has 2 aromatic heterocycles. The molecule has 2 heterocycles. The Kier molecular flexibility index (Phi) is 1.25. The van der Waals surface area contributed by atoms with Crippen LogP contribution in [0.5, 0.6) is 0 Å². The summed E-state index contributed by atoms with van der Waals surface area (Å²) in [5.74, 6) is 0. The highest BCUT2D eigenvalue weighted by Gasteiger charge is 2.06. The summed E-state index contributed by atoms with van der Waals surface area (Å²) in [5, 5.41) is 3.99. The summed E-state index contributed by atoms with van der Waals surface area (Å²) in [7, 11) is 0. The topological polar surface area (TPSA) is 25.8 Å². The van der Waals surface area contributed by atoms with Crippen molar-refractivity contribution in [2.24, 2.45) is 0 Å². The SMILES string of the molecule is Cc1sc2nnsc2c1C. The summed E-state index contributed by atoms with van der Waals surface area (Å²) >= 11 is 3.21. The van der Waals surface area contributed by atoms with Crippen LogP contribution in [0.2, 0.25) is 0 Å². The van der Waals surface area contributed by atoms with Crippen molar-refractivity contribution in [1.82, 2.24) is 9.59 Å². The quantitative estimate of drug-likeness (QED) is 0.606. The van der Waals surface area contributed by atoms with E-state index in [1.54, 1.807) is 11.3 Å². The first-order chi connectivity index (χ1) is 4.79. The van der Waals surface area contributed by atoms with Gasteiger partial charge in [0.15, 0.2) is 4.83 Å². The first-order valence-corrected chi connectivity index (χ1v) is 4.56. The van der Waals surface area contributed by atoms with E-state index in [4.69, 9.17) is 0 Å². The van der Waals surface area contributed by atoms with E-state index in [1.165, 1.54) is 26.7 Å². The Morgan fingerprint density at radius 2 is 2.10 bits per heavy atom. The third kappa shape index (κ3) is 0.690.